The van der Waals surface area contributed by atoms with Gasteiger partial charge >= 0.3 is 5.97 Å². The fourth-order valence-electron chi connectivity index (χ4n) is 1.80. The van der Waals surface area contributed by atoms with Gasteiger partial charge in [-0.2, -0.15) is 0 Å². The molecule has 0 aliphatic heterocycles. The molecule has 1 aromatic heterocycles. The molecular weight excluding hydrogens is 275 g/mol. The Morgan fingerprint density at radius 2 is 2.00 bits per heavy atom. The van der Waals surface area contributed by atoms with E-state index in [0.717, 1.165) is 0 Å². The largest absolute Gasteiger partial charge is 0.477 e. The van der Waals surface area contributed by atoms with Gasteiger partial charge in [0.2, 0.25) is 0 Å². The average molecular weight is 288 g/mol. The molecule has 0 fully saturated rings. The molecule has 0 atom stereocenters. The first-order chi connectivity index (χ1) is 10.1. The predicted octanol–water partition coefficient (Wildman–Crippen LogP) is 1.89. The van der Waals surface area contributed by atoms with Crippen LogP contribution in [0.5, 0.6) is 0 Å². The van der Waals surface area contributed by atoms with Crippen molar-refractivity contribution in [2.75, 3.05) is 6.54 Å². The maximum absolute atomic E-state index is 13.4. The number of halogens is 1. The number of carboxylic acids is 1. The Morgan fingerprint density at radius 3 is 2.71 bits per heavy atom. The average Bonchev–Trinajstić information content (AvgIpc) is 2.49. The molecule has 5 nitrogen and oxygen atoms in total. The molecule has 0 aliphatic carbocycles. The van der Waals surface area contributed by atoms with Crippen LogP contribution in [0, 0.1) is 5.82 Å². The smallest absolute Gasteiger partial charge is 0.354 e. The lowest BCUT2D eigenvalue weighted by Gasteiger charge is -2.06. The van der Waals surface area contributed by atoms with Crippen LogP contribution in [0.1, 0.15) is 26.4 Å². The van der Waals surface area contributed by atoms with Gasteiger partial charge in [-0.05, 0) is 30.2 Å². The Balaban J connectivity index is 1.95. The van der Waals surface area contributed by atoms with Gasteiger partial charge in [0.1, 0.15) is 11.5 Å². The molecule has 108 valence electrons. The Morgan fingerprint density at radius 1 is 1.24 bits per heavy atom. The van der Waals surface area contributed by atoms with Crippen LogP contribution in [0.2, 0.25) is 0 Å². The van der Waals surface area contributed by atoms with E-state index in [0.29, 0.717) is 12.0 Å². The number of nitrogens with one attached hydrogen (secondary N) is 1. The van der Waals surface area contributed by atoms with Gasteiger partial charge in [0.15, 0.2) is 0 Å². The number of aromatic nitrogens is 1. The molecule has 0 aliphatic rings. The fourth-order valence-corrected chi connectivity index (χ4v) is 1.80. The van der Waals surface area contributed by atoms with Crippen molar-refractivity contribution >= 4 is 11.9 Å². The molecule has 1 amide bonds. The number of rotatable bonds is 5. The number of hydrogen-bond acceptors (Lipinski definition) is 3. The van der Waals surface area contributed by atoms with Crippen molar-refractivity contribution in [1.29, 1.82) is 0 Å². The SMILES string of the molecule is O=C(NCCc1ccccc1F)c1ccnc(C(=O)O)c1. The molecule has 21 heavy (non-hydrogen) atoms. The molecule has 1 heterocycles. The summed E-state index contributed by atoms with van der Waals surface area (Å²) in [4.78, 5) is 26.3. The first-order valence-electron chi connectivity index (χ1n) is 6.29. The normalized spacial score (nSPS) is 10.1. The molecule has 2 N–H and O–H groups in total. The monoisotopic (exact) mass is 288 g/mol. The van der Waals surface area contributed by atoms with Crippen LogP contribution in [-0.2, 0) is 6.42 Å². The van der Waals surface area contributed by atoms with Crippen molar-refractivity contribution in [2.45, 2.75) is 6.42 Å². The zero-order chi connectivity index (χ0) is 15.2. The molecule has 0 saturated carbocycles. The van der Waals surface area contributed by atoms with Crippen LogP contribution in [0.3, 0.4) is 0 Å². The van der Waals surface area contributed by atoms with E-state index in [-0.39, 0.29) is 23.6 Å². The lowest BCUT2D eigenvalue weighted by Crippen LogP contribution is -2.26. The second-order valence-corrected chi connectivity index (χ2v) is 4.33. The Hall–Kier alpha value is -2.76. The zero-order valence-electron chi connectivity index (χ0n) is 11.0. The van der Waals surface area contributed by atoms with Gasteiger partial charge < -0.3 is 10.4 Å². The highest BCUT2D eigenvalue weighted by Gasteiger charge is 2.10. The van der Waals surface area contributed by atoms with Crippen LogP contribution >= 0.6 is 0 Å². The third-order valence-electron chi connectivity index (χ3n) is 2.88. The zero-order valence-corrected chi connectivity index (χ0v) is 11.0. The van der Waals surface area contributed by atoms with Crippen LogP contribution in [0.15, 0.2) is 42.6 Å². The summed E-state index contributed by atoms with van der Waals surface area (Å²) in [5.74, 6) is -1.93. The van der Waals surface area contributed by atoms with Gasteiger partial charge in [-0.3, -0.25) is 4.79 Å². The molecule has 0 radical (unpaired) electrons. The third-order valence-corrected chi connectivity index (χ3v) is 2.88. The fraction of sp³-hybridized carbons (Fsp3) is 0.133. The first-order valence-corrected chi connectivity index (χ1v) is 6.29. The minimum atomic E-state index is -1.20. The van der Waals surface area contributed by atoms with Crippen LogP contribution in [0.25, 0.3) is 0 Å². The first kappa shape index (κ1) is 14.6. The lowest BCUT2D eigenvalue weighted by molar-refractivity contribution is 0.0690. The van der Waals surface area contributed by atoms with E-state index in [1.165, 1.54) is 24.4 Å². The lowest BCUT2D eigenvalue weighted by atomic mass is 10.1. The molecule has 0 saturated heterocycles. The standard InChI is InChI=1S/C15H13FN2O3/c16-12-4-2-1-3-10(12)5-8-18-14(19)11-6-7-17-13(9-11)15(20)21/h1-4,6-7,9H,5,8H2,(H,18,19)(H,20,21). The summed E-state index contributed by atoms with van der Waals surface area (Å²) in [6, 6.07) is 8.95. The third kappa shape index (κ3) is 3.85. The Bertz CT molecular complexity index is 673. The van der Waals surface area contributed by atoms with Gasteiger partial charge in [-0.15, -0.1) is 0 Å². The molecule has 0 spiro atoms. The number of carboxylic acid groups (broad SMARTS) is 1. The quantitative estimate of drug-likeness (QED) is 0.880. The van der Waals surface area contributed by atoms with Crippen LogP contribution < -0.4 is 5.32 Å². The maximum atomic E-state index is 13.4. The number of hydrogen-bond donors (Lipinski definition) is 2. The topological polar surface area (TPSA) is 79.3 Å². The summed E-state index contributed by atoms with van der Waals surface area (Å²) in [6.45, 7) is 0.254. The van der Waals surface area contributed by atoms with Gasteiger partial charge in [-0.25, -0.2) is 14.2 Å². The molecule has 2 rings (SSSR count). The Labute approximate surface area is 120 Å². The maximum Gasteiger partial charge on any atom is 0.354 e. The Kier molecular flexibility index (Phi) is 4.61. The molecule has 2 aromatic rings. The number of nitrogens with zero attached hydrogens (tertiary/aromatic N) is 1. The van der Waals surface area contributed by atoms with E-state index in [1.807, 2.05) is 0 Å². The summed E-state index contributed by atoms with van der Waals surface area (Å²) >= 11 is 0. The summed E-state index contributed by atoms with van der Waals surface area (Å²) in [5.41, 5.74) is 0.520. The van der Waals surface area contributed by atoms with Crippen molar-refractivity contribution in [1.82, 2.24) is 10.3 Å². The molecule has 1 aromatic carbocycles. The highest BCUT2D eigenvalue weighted by molar-refractivity contribution is 5.96. The van der Waals surface area contributed by atoms with Gasteiger partial charge in [-0.1, -0.05) is 18.2 Å². The summed E-state index contributed by atoms with van der Waals surface area (Å²) < 4.78 is 13.4. The predicted molar refractivity (Wildman–Crippen MR) is 73.6 cm³/mol. The van der Waals surface area contributed by atoms with Gasteiger partial charge in [0.05, 0.1) is 0 Å². The van der Waals surface area contributed by atoms with Crippen LogP contribution in [0.4, 0.5) is 4.39 Å². The van der Waals surface area contributed by atoms with Crippen molar-refractivity contribution in [3.8, 4) is 0 Å². The summed E-state index contributed by atoms with van der Waals surface area (Å²) in [5, 5.41) is 11.4. The molecule has 6 heteroatoms. The molecule has 0 bridgehead atoms. The minimum absolute atomic E-state index is 0.197. The second-order valence-electron chi connectivity index (χ2n) is 4.33. The molecular formula is C15H13FN2O3. The van der Waals surface area contributed by atoms with Crippen molar-refractivity contribution in [3.05, 3.63) is 65.2 Å². The van der Waals surface area contributed by atoms with E-state index < -0.39 is 11.9 Å². The number of amides is 1. The number of aromatic carboxylic acids is 1. The minimum Gasteiger partial charge on any atom is -0.477 e. The van der Waals surface area contributed by atoms with Gasteiger partial charge in [0.25, 0.3) is 5.91 Å². The van der Waals surface area contributed by atoms with Gasteiger partial charge in [0, 0.05) is 18.3 Å². The highest BCUT2D eigenvalue weighted by Crippen LogP contribution is 2.07. The summed E-state index contributed by atoms with van der Waals surface area (Å²) in [7, 11) is 0. The number of pyridine rings is 1. The second kappa shape index (κ2) is 6.60. The van der Waals surface area contributed by atoms with Crippen molar-refractivity contribution in [3.63, 3.8) is 0 Å². The number of benzene rings is 1. The highest BCUT2D eigenvalue weighted by atomic mass is 19.1. The molecule has 0 unspecified atom stereocenters. The van der Waals surface area contributed by atoms with E-state index in [1.54, 1.807) is 18.2 Å². The van der Waals surface area contributed by atoms with Crippen molar-refractivity contribution in [2.24, 2.45) is 0 Å². The van der Waals surface area contributed by atoms with E-state index in [9.17, 15) is 14.0 Å². The summed E-state index contributed by atoms with van der Waals surface area (Å²) in [6.07, 6.45) is 1.62. The van der Waals surface area contributed by atoms with Crippen molar-refractivity contribution < 1.29 is 19.1 Å². The number of carbonyl (C=O) groups is 2. The number of carbonyl (C=O) groups excluding carboxylic acids is 1. The van der Waals surface area contributed by atoms with E-state index in [4.69, 9.17) is 5.11 Å². The van der Waals surface area contributed by atoms with E-state index in [2.05, 4.69) is 10.3 Å². The van der Waals surface area contributed by atoms with Crippen LogP contribution in [-0.4, -0.2) is 28.5 Å². The van der Waals surface area contributed by atoms with E-state index >= 15 is 0 Å².